The zero-order valence-electron chi connectivity index (χ0n) is 12.1. The Morgan fingerprint density at radius 1 is 1.50 bits per heavy atom. The van der Waals surface area contributed by atoms with Gasteiger partial charge in [0, 0.05) is 18.5 Å². The Kier molecular flexibility index (Phi) is 4.43. The molecule has 0 spiro atoms. The lowest BCUT2D eigenvalue weighted by molar-refractivity contribution is 0.0156. The fraction of sp³-hybridized carbons (Fsp3) is 0.786. The maximum Gasteiger partial charge on any atom is 0.410 e. The van der Waals surface area contributed by atoms with Crippen LogP contribution in [0.5, 0.6) is 0 Å². The minimum Gasteiger partial charge on any atom is -0.444 e. The molecule has 1 aliphatic rings. The second-order valence-electron chi connectivity index (χ2n) is 6.45. The monoisotopic (exact) mass is 255 g/mol. The van der Waals surface area contributed by atoms with E-state index in [1.165, 1.54) is 5.57 Å². The van der Waals surface area contributed by atoms with Gasteiger partial charge in [0.25, 0.3) is 0 Å². The van der Waals surface area contributed by atoms with Crippen molar-refractivity contribution in [2.75, 3.05) is 19.7 Å². The predicted molar refractivity (Wildman–Crippen MR) is 71.4 cm³/mol. The molecule has 0 aromatic heterocycles. The fourth-order valence-electron chi connectivity index (χ4n) is 2.22. The predicted octanol–water partition coefficient (Wildman–Crippen LogP) is 2.57. The third-order valence-corrected chi connectivity index (χ3v) is 3.10. The lowest BCUT2D eigenvalue weighted by Crippen LogP contribution is -2.46. The highest BCUT2D eigenvalue weighted by atomic mass is 16.6. The highest BCUT2D eigenvalue weighted by Gasteiger charge is 2.34. The zero-order valence-corrected chi connectivity index (χ0v) is 12.1. The van der Waals surface area contributed by atoms with Crippen molar-refractivity contribution in [2.24, 2.45) is 5.41 Å². The zero-order chi connectivity index (χ0) is 14.0. The fourth-order valence-corrected chi connectivity index (χ4v) is 2.22. The highest BCUT2D eigenvalue weighted by Crippen LogP contribution is 2.34. The normalized spacial score (nSPS) is 22.1. The number of aliphatic hydroxyl groups excluding tert-OH is 1. The van der Waals surface area contributed by atoms with Gasteiger partial charge in [-0.15, -0.1) is 0 Å². The number of carbonyl (C=O) groups is 1. The lowest BCUT2D eigenvalue weighted by Gasteiger charge is -2.40. The molecule has 0 aromatic rings. The molecule has 1 amide bonds. The molecule has 4 nitrogen and oxygen atoms in total. The van der Waals surface area contributed by atoms with Gasteiger partial charge in [0.1, 0.15) is 5.60 Å². The Bertz CT molecular complexity index is 339. The molecule has 0 bridgehead atoms. The first kappa shape index (κ1) is 15.0. The van der Waals surface area contributed by atoms with E-state index in [0.717, 1.165) is 6.42 Å². The van der Waals surface area contributed by atoms with E-state index in [4.69, 9.17) is 9.84 Å². The molecule has 1 N–H and O–H groups in total. The van der Waals surface area contributed by atoms with E-state index in [-0.39, 0.29) is 18.1 Å². The molecule has 1 heterocycles. The van der Waals surface area contributed by atoms with Gasteiger partial charge in [-0.2, -0.15) is 0 Å². The summed E-state index contributed by atoms with van der Waals surface area (Å²) in [4.78, 5) is 13.8. The number of hydrogen-bond acceptors (Lipinski definition) is 3. The van der Waals surface area contributed by atoms with E-state index >= 15 is 0 Å². The second-order valence-corrected chi connectivity index (χ2v) is 6.45. The van der Waals surface area contributed by atoms with Crippen LogP contribution >= 0.6 is 0 Å². The van der Waals surface area contributed by atoms with Crippen LogP contribution in [0.4, 0.5) is 4.79 Å². The number of nitrogens with zero attached hydrogens (tertiary/aromatic N) is 1. The molecule has 4 heteroatoms. The number of hydrogen-bond donors (Lipinski definition) is 1. The van der Waals surface area contributed by atoms with Crippen LogP contribution in [0.15, 0.2) is 11.6 Å². The number of ether oxygens (including phenoxy) is 1. The Balaban J connectivity index is 2.69. The Hall–Kier alpha value is -1.03. The summed E-state index contributed by atoms with van der Waals surface area (Å²) in [6.45, 7) is 11.1. The van der Waals surface area contributed by atoms with Gasteiger partial charge < -0.3 is 14.7 Å². The average Bonchev–Trinajstić information content (AvgIpc) is 2.18. The summed E-state index contributed by atoms with van der Waals surface area (Å²) < 4.78 is 5.38. The summed E-state index contributed by atoms with van der Waals surface area (Å²) in [7, 11) is 0. The van der Waals surface area contributed by atoms with Crippen molar-refractivity contribution in [3.8, 4) is 0 Å². The van der Waals surface area contributed by atoms with Crippen molar-refractivity contribution < 1.29 is 14.6 Å². The summed E-state index contributed by atoms with van der Waals surface area (Å²) in [5.41, 5.74) is 0.658. The van der Waals surface area contributed by atoms with Crippen LogP contribution in [0.3, 0.4) is 0 Å². The maximum atomic E-state index is 12.0. The van der Waals surface area contributed by atoms with Crippen LogP contribution in [-0.4, -0.2) is 41.4 Å². The van der Waals surface area contributed by atoms with Crippen LogP contribution in [0, 0.1) is 5.41 Å². The highest BCUT2D eigenvalue weighted by molar-refractivity contribution is 5.68. The largest absolute Gasteiger partial charge is 0.444 e. The number of amides is 1. The molecule has 0 atom stereocenters. The molecule has 0 unspecified atom stereocenters. The van der Waals surface area contributed by atoms with E-state index in [2.05, 4.69) is 13.8 Å². The molecule has 0 radical (unpaired) electrons. The van der Waals surface area contributed by atoms with Crippen LogP contribution in [-0.2, 0) is 4.74 Å². The van der Waals surface area contributed by atoms with Crippen molar-refractivity contribution >= 4 is 6.09 Å². The van der Waals surface area contributed by atoms with Crippen LogP contribution in [0.25, 0.3) is 0 Å². The van der Waals surface area contributed by atoms with Crippen molar-refractivity contribution in [1.29, 1.82) is 0 Å². The smallest absolute Gasteiger partial charge is 0.410 e. The molecular weight excluding hydrogens is 230 g/mol. The Morgan fingerprint density at radius 3 is 2.56 bits per heavy atom. The minimum absolute atomic E-state index is 0.0607. The summed E-state index contributed by atoms with van der Waals surface area (Å²) >= 11 is 0. The van der Waals surface area contributed by atoms with E-state index in [9.17, 15) is 4.79 Å². The molecule has 0 saturated carbocycles. The first-order chi connectivity index (χ1) is 8.15. The lowest BCUT2D eigenvalue weighted by atomic mass is 9.79. The molecule has 1 saturated heterocycles. The minimum atomic E-state index is -0.456. The molecule has 1 rings (SSSR count). The molecular formula is C14H25NO3. The topological polar surface area (TPSA) is 49.8 Å². The molecule has 1 fully saturated rings. The van der Waals surface area contributed by atoms with Gasteiger partial charge >= 0.3 is 6.09 Å². The number of piperidine rings is 1. The second kappa shape index (κ2) is 5.31. The molecule has 1 aliphatic heterocycles. The first-order valence-electron chi connectivity index (χ1n) is 6.44. The van der Waals surface area contributed by atoms with E-state index < -0.39 is 5.60 Å². The summed E-state index contributed by atoms with van der Waals surface area (Å²) in [5.74, 6) is 0. The van der Waals surface area contributed by atoms with Crippen molar-refractivity contribution in [1.82, 2.24) is 4.90 Å². The van der Waals surface area contributed by atoms with Crippen LogP contribution in [0.1, 0.15) is 41.0 Å². The summed E-state index contributed by atoms with van der Waals surface area (Å²) in [6.07, 6.45) is 2.40. The SMILES string of the molecule is CC(C)(C)OC(=O)N1CCC(=CCO)C(C)(C)C1. The van der Waals surface area contributed by atoms with E-state index in [1.54, 1.807) is 4.90 Å². The van der Waals surface area contributed by atoms with Gasteiger partial charge in [-0.1, -0.05) is 25.5 Å². The van der Waals surface area contributed by atoms with Crippen LogP contribution in [0.2, 0.25) is 0 Å². The number of aliphatic hydroxyl groups is 1. The number of rotatable bonds is 1. The van der Waals surface area contributed by atoms with Crippen molar-refractivity contribution in [2.45, 2.75) is 46.6 Å². The summed E-state index contributed by atoms with van der Waals surface area (Å²) in [6, 6.07) is 0. The molecule has 18 heavy (non-hydrogen) atoms. The number of likely N-dealkylation sites (tertiary alicyclic amines) is 1. The van der Waals surface area contributed by atoms with Gasteiger partial charge in [-0.3, -0.25) is 0 Å². The third kappa shape index (κ3) is 4.02. The third-order valence-electron chi connectivity index (χ3n) is 3.10. The maximum absolute atomic E-state index is 12.0. The standard InChI is InChI=1S/C14H25NO3/c1-13(2,3)18-12(17)15-8-6-11(7-9-16)14(4,5)10-15/h7,16H,6,8-10H2,1-5H3. The molecule has 0 aromatic carbocycles. The first-order valence-corrected chi connectivity index (χ1v) is 6.44. The summed E-state index contributed by atoms with van der Waals surface area (Å²) in [5, 5.41) is 9.00. The van der Waals surface area contributed by atoms with E-state index in [0.29, 0.717) is 13.1 Å². The van der Waals surface area contributed by atoms with Gasteiger partial charge in [0.2, 0.25) is 0 Å². The van der Waals surface area contributed by atoms with Gasteiger partial charge in [-0.25, -0.2) is 4.79 Å². The average molecular weight is 255 g/mol. The van der Waals surface area contributed by atoms with Gasteiger partial charge in [0.15, 0.2) is 0 Å². The molecule has 104 valence electrons. The quantitative estimate of drug-likeness (QED) is 0.733. The van der Waals surface area contributed by atoms with Crippen LogP contribution < -0.4 is 0 Å². The Labute approximate surface area is 110 Å². The van der Waals surface area contributed by atoms with E-state index in [1.807, 2.05) is 26.8 Å². The number of carbonyl (C=O) groups excluding carboxylic acids is 1. The van der Waals surface area contributed by atoms with Gasteiger partial charge in [0.05, 0.1) is 6.61 Å². The molecule has 0 aliphatic carbocycles. The van der Waals surface area contributed by atoms with Crippen molar-refractivity contribution in [3.63, 3.8) is 0 Å². The van der Waals surface area contributed by atoms with Gasteiger partial charge in [-0.05, 0) is 27.2 Å². The van der Waals surface area contributed by atoms with Crippen molar-refractivity contribution in [3.05, 3.63) is 11.6 Å². The Morgan fingerprint density at radius 2 is 2.11 bits per heavy atom.